The molecule has 0 aromatic heterocycles. The largest absolute Gasteiger partial charge is 0.278 e. The van der Waals surface area contributed by atoms with Gasteiger partial charge in [-0.1, -0.05) is 33.6 Å². The number of hydrogen-bond donors (Lipinski definition) is 1. The molecule has 106 valence electrons. The van der Waals surface area contributed by atoms with E-state index in [-0.39, 0.29) is 4.90 Å². The van der Waals surface area contributed by atoms with Gasteiger partial charge in [0.25, 0.3) is 10.0 Å². The molecule has 0 aliphatic rings. The van der Waals surface area contributed by atoms with E-state index in [1.54, 1.807) is 30.3 Å². The number of benzene rings is 2. The molecular formula is C14H13Br2NO2S. The molecule has 0 radical (unpaired) electrons. The smallest absolute Gasteiger partial charge is 0.261 e. The summed E-state index contributed by atoms with van der Waals surface area (Å²) >= 11 is 6.82. The number of hydrogen-bond acceptors (Lipinski definition) is 2. The molecule has 3 nitrogen and oxygen atoms in total. The first-order chi connectivity index (χ1) is 9.31. The molecular weight excluding hydrogens is 406 g/mol. The van der Waals surface area contributed by atoms with E-state index in [1.165, 1.54) is 0 Å². The number of halogens is 2. The van der Waals surface area contributed by atoms with Gasteiger partial charge in [0, 0.05) is 8.95 Å². The second-order valence-electron chi connectivity index (χ2n) is 4.45. The molecule has 0 atom stereocenters. The number of rotatable bonds is 3. The fraction of sp³-hybridized carbons (Fsp3) is 0.143. The van der Waals surface area contributed by atoms with E-state index >= 15 is 0 Å². The third kappa shape index (κ3) is 3.24. The number of aryl methyl sites for hydroxylation is 1. The summed E-state index contributed by atoms with van der Waals surface area (Å²) in [6.07, 6.45) is 0. The molecule has 6 heteroatoms. The van der Waals surface area contributed by atoms with Gasteiger partial charge in [-0.05, 0) is 59.6 Å². The third-order valence-electron chi connectivity index (χ3n) is 2.90. The van der Waals surface area contributed by atoms with Crippen molar-refractivity contribution < 1.29 is 8.42 Å². The molecule has 2 rings (SSSR count). The zero-order valence-corrected chi connectivity index (χ0v) is 14.9. The summed E-state index contributed by atoms with van der Waals surface area (Å²) in [6.45, 7) is 3.82. The number of sulfonamides is 1. The van der Waals surface area contributed by atoms with Gasteiger partial charge in [-0.2, -0.15) is 0 Å². The maximum atomic E-state index is 12.3. The number of nitrogens with one attached hydrogen (secondary N) is 1. The van der Waals surface area contributed by atoms with Crippen LogP contribution < -0.4 is 4.72 Å². The average molecular weight is 419 g/mol. The standard InChI is InChI=1S/C14H13Br2NO2S/c1-9-3-5-11(6-4-9)20(18,19)17-13-8-7-12(15)10(2)14(13)16/h3-8,17H,1-2H3. The minimum absolute atomic E-state index is 0.246. The average Bonchev–Trinajstić information content (AvgIpc) is 2.40. The van der Waals surface area contributed by atoms with Crippen LogP contribution in [0.4, 0.5) is 5.69 Å². The van der Waals surface area contributed by atoms with Gasteiger partial charge in [0.05, 0.1) is 10.6 Å². The predicted molar refractivity (Wildman–Crippen MR) is 88.6 cm³/mol. The first-order valence-corrected chi connectivity index (χ1v) is 8.92. The molecule has 0 aliphatic carbocycles. The first kappa shape index (κ1) is 15.5. The highest BCUT2D eigenvalue weighted by Crippen LogP contribution is 2.32. The van der Waals surface area contributed by atoms with Gasteiger partial charge < -0.3 is 0 Å². The SMILES string of the molecule is Cc1ccc(S(=O)(=O)Nc2ccc(Br)c(C)c2Br)cc1. The van der Waals surface area contributed by atoms with Crippen LogP contribution in [0.3, 0.4) is 0 Å². The van der Waals surface area contributed by atoms with Crippen molar-refractivity contribution in [2.24, 2.45) is 0 Å². The van der Waals surface area contributed by atoms with Crippen LogP contribution in [0.25, 0.3) is 0 Å². The normalized spacial score (nSPS) is 11.4. The Morgan fingerprint density at radius 2 is 1.55 bits per heavy atom. The molecule has 0 heterocycles. The van der Waals surface area contributed by atoms with E-state index in [1.807, 2.05) is 19.9 Å². The van der Waals surface area contributed by atoms with Crippen LogP contribution in [0.15, 0.2) is 50.2 Å². The second kappa shape index (κ2) is 5.87. The van der Waals surface area contributed by atoms with Gasteiger partial charge in [-0.25, -0.2) is 8.42 Å². The lowest BCUT2D eigenvalue weighted by molar-refractivity contribution is 0.601. The Bertz CT molecular complexity index is 741. The highest BCUT2D eigenvalue weighted by molar-refractivity contribution is 9.11. The Morgan fingerprint density at radius 1 is 0.950 bits per heavy atom. The van der Waals surface area contributed by atoms with Crippen molar-refractivity contribution in [3.05, 3.63) is 56.5 Å². The van der Waals surface area contributed by atoms with Gasteiger partial charge in [0.2, 0.25) is 0 Å². The summed E-state index contributed by atoms with van der Waals surface area (Å²) in [5.74, 6) is 0. The van der Waals surface area contributed by atoms with E-state index in [4.69, 9.17) is 0 Å². The highest BCUT2D eigenvalue weighted by atomic mass is 79.9. The Labute approximate surface area is 135 Å². The van der Waals surface area contributed by atoms with Crippen LogP contribution in [0.1, 0.15) is 11.1 Å². The Balaban J connectivity index is 2.38. The summed E-state index contributed by atoms with van der Waals surface area (Å²) in [5, 5.41) is 0. The van der Waals surface area contributed by atoms with Crippen LogP contribution >= 0.6 is 31.9 Å². The van der Waals surface area contributed by atoms with Gasteiger partial charge >= 0.3 is 0 Å². The highest BCUT2D eigenvalue weighted by Gasteiger charge is 2.16. The molecule has 0 unspecified atom stereocenters. The molecule has 0 fully saturated rings. The van der Waals surface area contributed by atoms with Crippen molar-refractivity contribution in [3.8, 4) is 0 Å². The van der Waals surface area contributed by atoms with Crippen LogP contribution in [-0.2, 0) is 10.0 Å². The van der Waals surface area contributed by atoms with Crippen LogP contribution in [-0.4, -0.2) is 8.42 Å². The molecule has 20 heavy (non-hydrogen) atoms. The van der Waals surface area contributed by atoms with Gasteiger partial charge in [0.15, 0.2) is 0 Å². The Morgan fingerprint density at radius 3 is 2.15 bits per heavy atom. The molecule has 0 bridgehead atoms. The van der Waals surface area contributed by atoms with Crippen molar-refractivity contribution in [3.63, 3.8) is 0 Å². The molecule has 0 aliphatic heterocycles. The second-order valence-corrected chi connectivity index (χ2v) is 7.78. The molecule has 1 N–H and O–H groups in total. The lowest BCUT2D eigenvalue weighted by Gasteiger charge is -2.12. The van der Waals surface area contributed by atoms with Crippen molar-refractivity contribution in [2.45, 2.75) is 18.7 Å². The lowest BCUT2D eigenvalue weighted by Crippen LogP contribution is -2.13. The van der Waals surface area contributed by atoms with E-state index in [0.717, 1.165) is 20.1 Å². The number of anilines is 1. The molecule has 0 saturated heterocycles. The summed E-state index contributed by atoms with van der Waals surface area (Å²) < 4.78 is 28.9. The fourth-order valence-electron chi connectivity index (χ4n) is 1.66. The molecule has 0 spiro atoms. The molecule has 2 aromatic carbocycles. The van der Waals surface area contributed by atoms with Gasteiger partial charge in [-0.15, -0.1) is 0 Å². The van der Waals surface area contributed by atoms with Crippen molar-refractivity contribution in [1.82, 2.24) is 0 Å². The van der Waals surface area contributed by atoms with Gasteiger partial charge in [0.1, 0.15) is 0 Å². The summed E-state index contributed by atoms with van der Waals surface area (Å²) in [7, 11) is -3.58. The predicted octanol–water partition coefficient (Wildman–Crippen LogP) is 4.63. The molecule has 0 amide bonds. The minimum atomic E-state index is -3.58. The minimum Gasteiger partial charge on any atom is -0.278 e. The molecule has 2 aromatic rings. The maximum absolute atomic E-state index is 12.3. The first-order valence-electron chi connectivity index (χ1n) is 5.85. The van der Waals surface area contributed by atoms with E-state index in [2.05, 4.69) is 36.6 Å². The summed E-state index contributed by atoms with van der Waals surface area (Å²) in [4.78, 5) is 0.246. The summed E-state index contributed by atoms with van der Waals surface area (Å²) in [5.41, 5.74) is 2.48. The quantitative estimate of drug-likeness (QED) is 0.789. The lowest BCUT2D eigenvalue weighted by atomic mass is 10.2. The zero-order chi connectivity index (χ0) is 14.9. The third-order valence-corrected chi connectivity index (χ3v) is 6.16. The van der Waals surface area contributed by atoms with Crippen LogP contribution in [0.5, 0.6) is 0 Å². The van der Waals surface area contributed by atoms with E-state index < -0.39 is 10.0 Å². The van der Waals surface area contributed by atoms with Crippen molar-refractivity contribution in [1.29, 1.82) is 0 Å². The Hall–Kier alpha value is -0.850. The topological polar surface area (TPSA) is 46.2 Å². The zero-order valence-electron chi connectivity index (χ0n) is 10.9. The van der Waals surface area contributed by atoms with E-state index in [0.29, 0.717) is 5.69 Å². The van der Waals surface area contributed by atoms with Crippen molar-refractivity contribution in [2.75, 3.05) is 4.72 Å². The van der Waals surface area contributed by atoms with E-state index in [9.17, 15) is 8.42 Å². The van der Waals surface area contributed by atoms with Crippen LogP contribution in [0, 0.1) is 13.8 Å². The fourth-order valence-corrected chi connectivity index (χ4v) is 3.91. The maximum Gasteiger partial charge on any atom is 0.261 e. The van der Waals surface area contributed by atoms with Gasteiger partial charge in [-0.3, -0.25) is 4.72 Å². The Kier molecular flexibility index (Phi) is 4.56. The monoisotopic (exact) mass is 417 g/mol. The summed E-state index contributed by atoms with van der Waals surface area (Å²) in [6, 6.07) is 10.3. The molecule has 0 saturated carbocycles. The van der Waals surface area contributed by atoms with Crippen LogP contribution in [0.2, 0.25) is 0 Å². The van der Waals surface area contributed by atoms with Crippen molar-refractivity contribution >= 4 is 47.6 Å².